The monoisotopic (exact) mass is 356 g/mol. The number of para-hydroxylation sites is 2. The summed E-state index contributed by atoms with van der Waals surface area (Å²) in [6.45, 7) is 0.997. The molecule has 3 rings (SSSR count). The molecule has 0 aliphatic carbocycles. The van der Waals surface area contributed by atoms with Gasteiger partial charge in [0.1, 0.15) is 0 Å². The van der Waals surface area contributed by atoms with Crippen LogP contribution >= 0.6 is 0 Å². The van der Waals surface area contributed by atoms with E-state index in [4.69, 9.17) is 9.47 Å². The predicted octanol–water partition coefficient (Wildman–Crippen LogP) is 1.92. The lowest BCUT2D eigenvalue weighted by Crippen LogP contribution is -2.32. The van der Waals surface area contributed by atoms with Crippen LogP contribution in [0, 0.1) is 0 Å². The van der Waals surface area contributed by atoms with Crippen molar-refractivity contribution in [3.8, 4) is 11.5 Å². The predicted molar refractivity (Wildman–Crippen MR) is 99.9 cm³/mol. The molecule has 2 aromatic rings. The number of fused-ring (bicyclic) bond motifs is 1. The second-order valence-electron chi connectivity index (χ2n) is 6.32. The topological polar surface area (TPSA) is 71.0 Å². The minimum absolute atomic E-state index is 0.137. The molecule has 0 fully saturated rings. The van der Waals surface area contributed by atoms with E-state index in [-0.39, 0.29) is 19.1 Å². The Morgan fingerprint density at radius 1 is 1.27 bits per heavy atom. The Balaban J connectivity index is 1.50. The Morgan fingerprint density at radius 3 is 2.81 bits per heavy atom. The molecule has 0 saturated carbocycles. The number of rotatable bonds is 7. The number of ether oxygens (including phenoxy) is 2. The average molecular weight is 356 g/mol. The SMILES string of the molecule is COc1ccccc1OCC(=O)NCC(O)c1ccc2c(c1)CCN2C. The number of amides is 1. The van der Waals surface area contributed by atoms with E-state index < -0.39 is 6.10 Å². The molecule has 1 aliphatic heterocycles. The van der Waals surface area contributed by atoms with Crippen molar-refractivity contribution < 1.29 is 19.4 Å². The van der Waals surface area contributed by atoms with E-state index in [1.165, 1.54) is 11.3 Å². The molecule has 0 radical (unpaired) electrons. The van der Waals surface area contributed by atoms with E-state index in [1.54, 1.807) is 19.2 Å². The maximum atomic E-state index is 12.0. The summed E-state index contributed by atoms with van der Waals surface area (Å²) in [6, 6.07) is 13.1. The highest BCUT2D eigenvalue weighted by Gasteiger charge is 2.18. The maximum Gasteiger partial charge on any atom is 0.258 e. The number of likely N-dealkylation sites (N-methyl/N-ethyl adjacent to an activating group) is 1. The molecule has 2 N–H and O–H groups in total. The van der Waals surface area contributed by atoms with E-state index in [9.17, 15) is 9.90 Å². The third-order valence-corrected chi connectivity index (χ3v) is 4.54. The van der Waals surface area contributed by atoms with Crippen LogP contribution in [0.1, 0.15) is 17.2 Å². The number of anilines is 1. The molecule has 1 unspecified atom stereocenters. The highest BCUT2D eigenvalue weighted by atomic mass is 16.5. The third-order valence-electron chi connectivity index (χ3n) is 4.54. The molecule has 0 spiro atoms. The summed E-state index contributed by atoms with van der Waals surface area (Å²) in [6.07, 6.45) is 0.229. The smallest absolute Gasteiger partial charge is 0.258 e. The summed E-state index contributed by atoms with van der Waals surface area (Å²) in [7, 11) is 3.61. The van der Waals surface area contributed by atoms with E-state index in [1.807, 2.05) is 30.3 Å². The zero-order valence-corrected chi connectivity index (χ0v) is 15.1. The van der Waals surface area contributed by atoms with Gasteiger partial charge in [-0.25, -0.2) is 0 Å². The normalized spacial score (nSPS) is 13.9. The van der Waals surface area contributed by atoms with Crippen LogP contribution in [0.25, 0.3) is 0 Å². The van der Waals surface area contributed by atoms with Gasteiger partial charge in [-0.05, 0) is 35.7 Å². The van der Waals surface area contributed by atoms with Gasteiger partial charge in [0.2, 0.25) is 0 Å². The van der Waals surface area contributed by atoms with Crippen LogP contribution in [-0.4, -0.2) is 44.9 Å². The molecule has 0 aromatic heterocycles. The van der Waals surface area contributed by atoms with Crippen molar-refractivity contribution in [2.75, 3.05) is 38.8 Å². The van der Waals surface area contributed by atoms with Gasteiger partial charge in [-0.1, -0.05) is 24.3 Å². The van der Waals surface area contributed by atoms with Crippen LogP contribution in [-0.2, 0) is 11.2 Å². The summed E-state index contributed by atoms with van der Waals surface area (Å²) in [4.78, 5) is 14.2. The first-order valence-electron chi connectivity index (χ1n) is 8.63. The van der Waals surface area contributed by atoms with E-state index in [0.29, 0.717) is 11.5 Å². The number of aliphatic hydroxyl groups is 1. The number of carbonyl (C=O) groups is 1. The first-order valence-corrected chi connectivity index (χ1v) is 8.63. The summed E-state index contributed by atoms with van der Waals surface area (Å²) in [5.74, 6) is 0.785. The standard InChI is InChI=1S/C20H24N2O4/c1-22-10-9-14-11-15(7-8-16(14)22)17(23)12-21-20(24)13-26-19-6-4-3-5-18(19)25-2/h3-8,11,17,23H,9-10,12-13H2,1-2H3,(H,21,24). The van der Waals surface area contributed by atoms with Crippen molar-refractivity contribution in [3.63, 3.8) is 0 Å². The van der Waals surface area contributed by atoms with Crippen LogP contribution in [0.4, 0.5) is 5.69 Å². The van der Waals surface area contributed by atoms with Crippen molar-refractivity contribution in [1.29, 1.82) is 0 Å². The summed E-state index contributed by atoms with van der Waals surface area (Å²) in [5.41, 5.74) is 3.25. The van der Waals surface area contributed by atoms with Crippen LogP contribution < -0.4 is 19.7 Å². The second-order valence-corrected chi connectivity index (χ2v) is 6.32. The van der Waals surface area contributed by atoms with Gasteiger partial charge in [0.15, 0.2) is 18.1 Å². The molecular weight excluding hydrogens is 332 g/mol. The Kier molecular flexibility index (Phi) is 5.63. The number of methoxy groups -OCH3 is 1. The average Bonchev–Trinajstić information content (AvgIpc) is 3.05. The van der Waals surface area contributed by atoms with Crippen molar-refractivity contribution in [1.82, 2.24) is 5.32 Å². The highest BCUT2D eigenvalue weighted by Crippen LogP contribution is 2.29. The first kappa shape index (κ1) is 18.1. The fourth-order valence-electron chi connectivity index (χ4n) is 3.05. The molecule has 138 valence electrons. The molecule has 1 aliphatic rings. The lowest BCUT2D eigenvalue weighted by Gasteiger charge is -2.16. The zero-order valence-electron chi connectivity index (χ0n) is 15.1. The van der Waals surface area contributed by atoms with Crippen LogP contribution in [0.3, 0.4) is 0 Å². The largest absolute Gasteiger partial charge is 0.493 e. The molecule has 1 atom stereocenters. The molecule has 2 aromatic carbocycles. The molecule has 1 amide bonds. The van der Waals surface area contributed by atoms with Gasteiger partial charge < -0.3 is 24.8 Å². The van der Waals surface area contributed by atoms with Gasteiger partial charge in [0.05, 0.1) is 13.2 Å². The highest BCUT2D eigenvalue weighted by molar-refractivity contribution is 5.77. The molecule has 0 bridgehead atoms. The number of benzene rings is 2. The van der Waals surface area contributed by atoms with Crippen LogP contribution in [0.5, 0.6) is 11.5 Å². The van der Waals surface area contributed by atoms with Gasteiger partial charge >= 0.3 is 0 Å². The molecule has 26 heavy (non-hydrogen) atoms. The third kappa shape index (κ3) is 4.08. The van der Waals surface area contributed by atoms with Crippen molar-refractivity contribution >= 4 is 11.6 Å². The van der Waals surface area contributed by atoms with Gasteiger partial charge in [0, 0.05) is 25.8 Å². The number of nitrogens with zero attached hydrogens (tertiary/aromatic N) is 1. The maximum absolute atomic E-state index is 12.0. The second kappa shape index (κ2) is 8.10. The summed E-state index contributed by atoms with van der Waals surface area (Å²) >= 11 is 0. The van der Waals surface area contributed by atoms with Gasteiger partial charge in [-0.2, -0.15) is 0 Å². The van der Waals surface area contributed by atoms with Crippen molar-refractivity contribution in [2.24, 2.45) is 0 Å². The fourth-order valence-corrected chi connectivity index (χ4v) is 3.05. The summed E-state index contributed by atoms with van der Waals surface area (Å²) < 4.78 is 10.7. The molecule has 6 nitrogen and oxygen atoms in total. The molecule has 1 heterocycles. The lowest BCUT2D eigenvalue weighted by atomic mass is 10.0. The Bertz CT molecular complexity index is 778. The quantitative estimate of drug-likeness (QED) is 0.793. The van der Waals surface area contributed by atoms with E-state index >= 15 is 0 Å². The van der Waals surface area contributed by atoms with Crippen LogP contribution in [0.15, 0.2) is 42.5 Å². The number of nitrogens with one attached hydrogen (secondary N) is 1. The Hall–Kier alpha value is -2.73. The van der Waals surface area contributed by atoms with E-state index in [2.05, 4.69) is 17.3 Å². The fraction of sp³-hybridized carbons (Fsp3) is 0.350. The lowest BCUT2D eigenvalue weighted by molar-refractivity contribution is -0.123. The number of carbonyl (C=O) groups excluding carboxylic acids is 1. The van der Waals surface area contributed by atoms with E-state index in [0.717, 1.165) is 18.5 Å². The minimum Gasteiger partial charge on any atom is -0.493 e. The Morgan fingerprint density at radius 2 is 2.04 bits per heavy atom. The van der Waals surface area contributed by atoms with Crippen LogP contribution in [0.2, 0.25) is 0 Å². The minimum atomic E-state index is -0.749. The van der Waals surface area contributed by atoms with Gasteiger partial charge in [0.25, 0.3) is 5.91 Å². The number of aliphatic hydroxyl groups excluding tert-OH is 1. The number of hydrogen-bond donors (Lipinski definition) is 2. The number of hydrogen-bond acceptors (Lipinski definition) is 5. The molecule has 0 saturated heterocycles. The molecule has 6 heteroatoms. The summed E-state index contributed by atoms with van der Waals surface area (Å²) in [5, 5.41) is 13.0. The molecular formula is C20H24N2O4. The first-order chi connectivity index (χ1) is 12.6. The van der Waals surface area contributed by atoms with Gasteiger partial charge in [-0.15, -0.1) is 0 Å². The van der Waals surface area contributed by atoms with Gasteiger partial charge in [-0.3, -0.25) is 4.79 Å². The Labute approximate surface area is 153 Å². The van der Waals surface area contributed by atoms with Crippen molar-refractivity contribution in [3.05, 3.63) is 53.6 Å². The van der Waals surface area contributed by atoms with Crippen molar-refractivity contribution in [2.45, 2.75) is 12.5 Å². The zero-order chi connectivity index (χ0) is 18.5.